The Labute approximate surface area is 482 Å². The second-order valence-electron chi connectivity index (χ2n) is 28.0. The largest absolute Gasteiger partial charge is 0.456 e. The second kappa shape index (κ2) is 17.6. The molecule has 9 aromatic carbocycles. The van der Waals surface area contributed by atoms with Crippen molar-refractivity contribution in [2.45, 2.75) is 124 Å². The number of fused-ring (bicyclic) bond motifs is 13. The molecule has 1 aliphatic heterocycles. The minimum atomic E-state index is -0.323. The topological polar surface area (TPSA) is 33.3 Å². The van der Waals surface area contributed by atoms with Gasteiger partial charge in [-0.25, -0.2) is 0 Å². The number of hydrogen-bond acceptors (Lipinski definition) is 4. The molecule has 4 nitrogen and oxygen atoms in total. The summed E-state index contributed by atoms with van der Waals surface area (Å²) in [5.74, 6) is 0. The molecule has 1 N–H and O–H groups in total. The summed E-state index contributed by atoms with van der Waals surface area (Å²) in [6.07, 6.45) is 0. The van der Waals surface area contributed by atoms with Crippen molar-refractivity contribution in [1.82, 2.24) is 4.57 Å². The molecule has 0 radical (unpaired) electrons. The van der Waals surface area contributed by atoms with Crippen molar-refractivity contribution in [3.8, 4) is 27.9 Å². The Morgan fingerprint density at radius 1 is 0.469 bits per heavy atom. The number of rotatable bonds is 6. The summed E-state index contributed by atoms with van der Waals surface area (Å²) >= 11 is 1.95. The molecule has 402 valence electrons. The fourth-order valence-electron chi connectivity index (χ4n) is 13.3. The van der Waals surface area contributed by atoms with Crippen LogP contribution in [0.5, 0.6) is 0 Å². The van der Waals surface area contributed by atoms with Gasteiger partial charge >= 0.3 is 0 Å². The normalized spacial score (nSPS) is 14.0. The van der Waals surface area contributed by atoms with Crippen LogP contribution in [0.2, 0.25) is 0 Å². The SMILES string of the molecule is CC(C)(C)c1ccc(Nc2cc3c(cc2-c2ccc4c5cc6c(cc5n5c4c2Bc2sc4ccc(C(C)(C)C)cc4c2-5)oc2ccccc26)C(C)(C)c2cc(N(c4ccc(C(C)(C)C)cc4)c4ccc(C(C)(C)C)cc4)ccc2-3)cc1. The molecule has 4 heterocycles. The molecule has 0 bridgehead atoms. The molecule has 81 heavy (non-hydrogen) atoms. The summed E-state index contributed by atoms with van der Waals surface area (Å²) in [4.78, 5) is 2.45. The Morgan fingerprint density at radius 3 is 1.69 bits per heavy atom. The van der Waals surface area contributed by atoms with Gasteiger partial charge in [0.05, 0.1) is 11.2 Å². The molecule has 0 atom stereocenters. The highest BCUT2D eigenvalue weighted by Gasteiger charge is 2.39. The van der Waals surface area contributed by atoms with Crippen LogP contribution in [-0.4, -0.2) is 11.8 Å². The number of thiophene rings is 1. The summed E-state index contributed by atoms with van der Waals surface area (Å²) in [6.45, 7) is 32.4. The molecular formula is C75H72BN3OS. The van der Waals surface area contributed by atoms with E-state index in [0.29, 0.717) is 0 Å². The first-order valence-corrected chi connectivity index (χ1v) is 29.9. The smallest absolute Gasteiger partial charge is 0.211 e. The fraction of sp³-hybridized carbons (Fsp3) is 0.253. The van der Waals surface area contributed by atoms with Crippen molar-refractivity contribution in [3.63, 3.8) is 0 Å². The number of anilines is 5. The van der Waals surface area contributed by atoms with Gasteiger partial charge in [-0.1, -0.05) is 176 Å². The van der Waals surface area contributed by atoms with Crippen LogP contribution in [-0.2, 0) is 27.1 Å². The number of benzene rings is 9. The molecule has 2 aliphatic rings. The maximum atomic E-state index is 6.68. The van der Waals surface area contributed by atoms with Crippen LogP contribution in [0.3, 0.4) is 0 Å². The van der Waals surface area contributed by atoms with Gasteiger partial charge in [-0.05, 0) is 167 Å². The highest BCUT2D eigenvalue weighted by molar-refractivity contribution is 7.29. The van der Waals surface area contributed by atoms with Gasteiger partial charge in [-0.2, -0.15) is 0 Å². The Hall–Kier alpha value is -7.80. The molecule has 0 saturated carbocycles. The van der Waals surface area contributed by atoms with Gasteiger partial charge in [-0.3, -0.25) is 0 Å². The lowest BCUT2D eigenvalue weighted by atomic mass is 9.63. The van der Waals surface area contributed by atoms with Crippen molar-refractivity contribution in [1.29, 1.82) is 0 Å². The summed E-state index contributed by atoms with van der Waals surface area (Å²) in [6, 6.07) is 65.0. The first kappa shape index (κ1) is 51.4. The molecule has 0 fully saturated rings. The van der Waals surface area contributed by atoms with Crippen molar-refractivity contribution in [3.05, 3.63) is 203 Å². The average Bonchev–Trinajstić information content (AvgIpc) is 2.94. The average molecular weight is 1070 g/mol. The molecule has 0 amide bonds. The second-order valence-corrected chi connectivity index (χ2v) is 29.1. The Balaban J connectivity index is 0.983. The predicted molar refractivity (Wildman–Crippen MR) is 352 cm³/mol. The molecule has 6 heteroatoms. The highest BCUT2D eigenvalue weighted by atomic mass is 32.1. The van der Waals surface area contributed by atoms with E-state index in [4.69, 9.17) is 4.42 Å². The van der Waals surface area contributed by atoms with E-state index >= 15 is 0 Å². The van der Waals surface area contributed by atoms with Crippen LogP contribution in [0.15, 0.2) is 174 Å². The third-order valence-corrected chi connectivity index (χ3v) is 19.2. The van der Waals surface area contributed by atoms with E-state index in [1.54, 1.807) is 0 Å². The number of hydrogen-bond donors (Lipinski definition) is 1. The van der Waals surface area contributed by atoms with Gasteiger partial charge in [-0.15, -0.1) is 11.3 Å². The lowest BCUT2D eigenvalue weighted by molar-refractivity contribution is 0.590. The van der Waals surface area contributed by atoms with E-state index in [1.165, 1.54) is 103 Å². The Bertz CT molecular complexity index is 4500. The monoisotopic (exact) mass is 1070 g/mol. The van der Waals surface area contributed by atoms with Crippen LogP contribution in [0.4, 0.5) is 28.4 Å². The van der Waals surface area contributed by atoms with Gasteiger partial charge in [0.1, 0.15) is 11.2 Å². The summed E-state index contributed by atoms with van der Waals surface area (Å²) < 4.78 is 12.0. The van der Waals surface area contributed by atoms with Crippen LogP contribution in [0, 0.1) is 0 Å². The van der Waals surface area contributed by atoms with E-state index in [9.17, 15) is 0 Å². The van der Waals surface area contributed by atoms with Crippen LogP contribution < -0.4 is 20.5 Å². The molecule has 1 aliphatic carbocycles. The number of para-hydroxylation sites is 1. The van der Waals surface area contributed by atoms with Crippen molar-refractivity contribution < 1.29 is 4.42 Å². The first-order valence-electron chi connectivity index (χ1n) is 29.1. The zero-order valence-corrected chi connectivity index (χ0v) is 50.4. The minimum Gasteiger partial charge on any atom is -0.456 e. The van der Waals surface area contributed by atoms with Gasteiger partial charge in [0.15, 0.2) is 0 Å². The molecular weight excluding hydrogens is 1000 g/mol. The predicted octanol–water partition coefficient (Wildman–Crippen LogP) is 20.0. The number of aromatic nitrogens is 1. The van der Waals surface area contributed by atoms with E-state index in [1.807, 2.05) is 11.3 Å². The minimum absolute atomic E-state index is 0.00638. The molecule has 14 rings (SSSR count). The van der Waals surface area contributed by atoms with Gasteiger partial charge in [0, 0.05) is 82.6 Å². The van der Waals surface area contributed by atoms with Crippen LogP contribution in [0.1, 0.15) is 130 Å². The zero-order chi connectivity index (χ0) is 56.4. The van der Waals surface area contributed by atoms with Crippen LogP contribution in [0.25, 0.3) is 81.8 Å². The number of furan rings is 1. The lowest BCUT2D eigenvalue weighted by Gasteiger charge is -2.29. The van der Waals surface area contributed by atoms with E-state index in [0.717, 1.165) is 57.7 Å². The van der Waals surface area contributed by atoms with E-state index in [-0.39, 0.29) is 27.1 Å². The number of nitrogens with one attached hydrogen (secondary N) is 1. The van der Waals surface area contributed by atoms with Gasteiger partial charge in [0.2, 0.25) is 7.28 Å². The Kier molecular flexibility index (Phi) is 11.2. The zero-order valence-electron chi connectivity index (χ0n) is 49.6. The summed E-state index contributed by atoms with van der Waals surface area (Å²) in [5.41, 5.74) is 25.4. The van der Waals surface area contributed by atoms with Crippen LogP contribution >= 0.6 is 11.3 Å². The third-order valence-electron chi connectivity index (χ3n) is 18.1. The standard InChI is InChI=1S/C75H72BN3OS/c1-71(2,3)43-19-26-47(27-20-43)77-62-41-55-51-33-32-50(78(48-28-21-44(22-29-48)72(4,5)6)49-30-23-45(24-31-49)73(7,8)9)38-60(51)75(13,14)61(55)40-56(62)53-34-35-54-57-39-58-52-17-15-16-18-64(52)80-65(58)42-63(57)79-68(54)67(53)76-70-69(79)59-37-46(74(10,11)12)25-36-66(59)81-70/h15-42,76-77H,1-14H3. The third kappa shape index (κ3) is 8.21. The highest BCUT2D eigenvalue weighted by Crippen LogP contribution is 2.54. The molecule has 0 spiro atoms. The fourth-order valence-corrected chi connectivity index (χ4v) is 14.5. The molecule has 3 aromatic heterocycles. The maximum Gasteiger partial charge on any atom is 0.211 e. The first-order chi connectivity index (χ1) is 38.4. The Morgan fingerprint density at radius 2 is 1.05 bits per heavy atom. The summed E-state index contributed by atoms with van der Waals surface area (Å²) in [7, 11) is 0.828. The quantitative estimate of drug-likeness (QED) is 0.169. The summed E-state index contributed by atoms with van der Waals surface area (Å²) in [5, 5.41) is 10.2. The van der Waals surface area contributed by atoms with Gasteiger partial charge in [0.25, 0.3) is 0 Å². The maximum absolute atomic E-state index is 6.68. The van der Waals surface area contributed by atoms with E-state index < -0.39 is 0 Å². The van der Waals surface area contributed by atoms with Gasteiger partial charge < -0.3 is 19.2 Å². The van der Waals surface area contributed by atoms with Crippen molar-refractivity contribution in [2.75, 3.05) is 10.2 Å². The van der Waals surface area contributed by atoms with Crippen molar-refractivity contribution in [2.24, 2.45) is 0 Å². The molecule has 12 aromatic rings. The number of nitrogens with zero attached hydrogens (tertiary/aromatic N) is 2. The molecule has 0 saturated heterocycles. The van der Waals surface area contributed by atoms with Crippen molar-refractivity contribution >= 4 is 111 Å². The lowest BCUT2D eigenvalue weighted by Crippen LogP contribution is -2.35. The van der Waals surface area contributed by atoms with E-state index in [2.05, 4.69) is 282 Å². The molecule has 0 unspecified atom stereocenters.